The van der Waals surface area contributed by atoms with Crippen LogP contribution in [0.3, 0.4) is 0 Å². The van der Waals surface area contributed by atoms with Gasteiger partial charge in [-0.3, -0.25) is 0 Å². The zero-order chi connectivity index (χ0) is 14.9. The largest absolute Gasteiger partial charge is 0.497 e. The molecule has 1 saturated carbocycles. The van der Waals surface area contributed by atoms with Crippen LogP contribution in [0.25, 0.3) is 0 Å². The van der Waals surface area contributed by atoms with E-state index >= 15 is 0 Å². The van der Waals surface area contributed by atoms with Crippen molar-refractivity contribution in [2.24, 2.45) is 0 Å². The van der Waals surface area contributed by atoms with Gasteiger partial charge in [0, 0.05) is 0 Å². The number of ether oxygens (including phenoxy) is 1. The summed E-state index contributed by atoms with van der Waals surface area (Å²) in [6, 6.07) is 16.7. The van der Waals surface area contributed by atoms with Crippen LogP contribution in [-0.4, -0.2) is 20.8 Å². The Morgan fingerprint density at radius 1 is 0.952 bits per heavy atom. The van der Waals surface area contributed by atoms with Crippen LogP contribution in [0.1, 0.15) is 29.2 Å². The average molecular weight is 302 g/mol. The Morgan fingerprint density at radius 3 is 2.05 bits per heavy atom. The molecule has 0 radical (unpaired) electrons. The van der Waals surface area contributed by atoms with Crippen molar-refractivity contribution in [1.29, 1.82) is 0 Å². The average Bonchev–Trinajstić information content (AvgIpc) is 3.34. The molecule has 1 atom stereocenters. The van der Waals surface area contributed by atoms with Crippen LogP contribution in [0.15, 0.2) is 54.6 Å². The predicted octanol–water partition coefficient (Wildman–Crippen LogP) is 3.36. The first-order chi connectivity index (χ1) is 10.1. The zero-order valence-electron chi connectivity index (χ0n) is 11.9. The molecule has 2 aromatic rings. The van der Waals surface area contributed by atoms with Gasteiger partial charge in [0.15, 0.2) is 9.84 Å². The molecule has 21 heavy (non-hydrogen) atoms. The summed E-state index contributed by atoms with van der Waals surface area (Å²) >= 11 is 0. The molecule has 1 unspecified atom stereocenters. The molecule has 0 N–H and O–H groups in total. The van der Waals surface area contributed by atoms with E-state index in [0.29, 0.717) is 0 Å². The van der Waals surface area contributed by atoms with Crippen molar-refractivity contribution in [3.05, 3.63) is 65.7 Å². The Balaban J connectivity index is 2.07. The Labute approximate surface area is 125 Å². The summed E-state index contributed by atoms with van der Waals surface area (Å²) in [6.45, 7) is 0. The lowest BCUT2D eigenvalue weighted by Gasteiger charge is -2.19. The molecule has 2 aromatic carbocycles. The molecule has 1 aliphatic rings. The monoisotopic (exact) mass is 302 g/mol. The molecular formula is C17H18O3S. The molecule has 0 aliphatic heterocycles. The zero-order valence-corrected chi connectivity index (χ0v) is 12.7. The summed E-state index contributed by atoms with van der Waals surface area (Å²) in [5.41, 5.74) is 1.63. The first-order valence-electron chi connectivity index (χ1n) is 7.04. The Bertz CT molecular complexity index is 701. The van der Waals surface area contributed by atoms with E-state index < -0.39 is 15.1 Å². The van der Waals surface area contributed by atoms with Crippen LogP contribution in [0.4, 0.5) is 0 Å². The summed E-state index contributed by atoms with van der Waals surface area (Å²) in [5.74, 6) is 0.731. The molecule has 0 bridgehead atoms. The summed E-state index contributed by atoms with van der Waals surface area (Å²) < 4.78 is 30.8. The van der Waals surface area contributed by atoms with E-state index in [2.05, 4.69) is 0 Å². The molecule has 110 valence electrons. The Hall–Kier alpha value is -1.81. The first kappa shape index (κ1) is 14.1. The third-order valence-corrected chi connectivity index (χ3v) is 6.44. The maximum Gasteiger partial charge on any atom is 0.164 e. The minimum atomic E-state index is -3.19. The summed E-state index contributed by atoms with van der Waals surface area (Å²) in [5, 5.41) is -0.776. The molecule has 3 rings (SSSR count). The van der Waals surface area contributed by atoms with Crippen LogP contribution in [0, 0.1) is 0 Å². The molecular weight excluding hydrogens is 284 g/mol. The van der Waals surface area contributed by atoms with E-state index in [-0.39, 0.29) is 5.25 Å². The molecule has 0 amide bonds. The SMILES string of the molecule is COc1ccc(C(c2ccccc2)S(=O)(=O)C2CC2)cc1. The van der Waals surface area contributed by atoms with Gasteiger partial charge in [-0.2, -0.15) is 0 Å². The number of rotatable bonds is 5. The quantitative estimate of drug-likeness (QED) is 0.850. The maximum absolute atomic E-state index is 12.8. The minimum Gasteiger partial charge on any atom is -0.497 e. The van der Waals surface area contributed by atoms with Crippen molar-refractivity contribution in [2.45, 2.75) is 23.3 Å². The third kappa shape index (κ3) is 2.81. The number of hydrogen-bond donors (Lipinski definition) is 0. The Kier molecular flexibility index (Phi) is 3.72. The maximum atomic E-state index is 12.8. The second kappa shape index (κ2) is 5.53. The molecule has 0 saturated heterocycles. The second-order valence-electron chi connectivity index (χ2n) is 5.35. The number of hydrogen-bond acceptors (Lipinski definition) is 3. The van der Waals surface area contributed by atoms with Gasteiger partial charge in [-0.25, -0.2) is 8.42 Å². The lowest BCUT2D eigenvalue weighted by atomic mass is 10.0. The predicted molar refractivity (Wildman–Crippen MR) is 83.2 cm³/mol. The highest BCUT2D eigenvalue weighted by atomic mass is 32.2. The third-order valence-electron chi connectivity index (χ3n) is 3.84. The molecule has 0 aromatic heterocycles. The van der Waals surface area contributed by atoms with E-state index in [1.54, 1.807) is 7.11 Å². The fraction of sp³-hybridized carbons (Fsp3) is 0.294. The number of benzene rings is 2. The van der Waals surface area contributed by atoms with Crippen molar-refractivity contribution in [2.75, 3.05) is 7.11 Å². The van der Waals surface area contributed by atoms with Gasteiger partial charge in [0.1, 0.15) is 11.0 Å². The van der Waals surface area contributed by atoms with Crippen LogP contribution in [-0.2, 0) is 9.84 Å². The first-order valence-corrected chi connectivity index (χ1v) is 8.65. The van der Waals surface area contributed by atoms with Crippen LogP contribution < -0.4 is 4.74 Å². The minimum absolute atomic E-state index is 0.190. The van der Waals surface area contributed by atoms with Gasteiger partial charge in [-0.15, -0.1) is 0 Å². The lowest BCUT2D eigenvalue weighted by molar-refractivity contribution is 0.414. The fourth-order valence-electron chi connectivity index (χ4n) is 2.57. The summed E-state index contributed by atoms with van der Waals surface area (Å²) in [4.78, 5) is 0. The normalized spacial score (nSPS) is 16.4. The standard InChI is InChI=1S/C17H18O3S/c1-20-15-9-7-14(8-10-15)17(13-5-3-2-4-6-13)21(18,19)16-11-12-16/h2-10,16-17H,11-12H2,1H3. The van der Waals surface area contributed by atoms with Crippen molar-refractivity contribution in [3.63, 3.8) is 0 Å². The highest BCUT2D eigenvalue weighted by Crippen LogP contribution is 2.41. The van der Waals surface area contributed by atoms with Crippen LogP contribution in [0.5, 0.6) is 5.75 Å². The fourth-order valence-corrected chi connectivity index (χ4v) is 4.82. The van der Waals surface area contributed by atoms with E-state index in [1.165, 1.54) is 0 Å². The summed E-state index contributed by atoms with van der Waals surface area (Å²) in [6.07, 6.45) is 1.56. The Morgan fingerprint density at radius 2 is 1.52 bits per heavy atom. The van der Waals surface area contributed by atoms with Gasteiger partial charge >= 0.3 is 0 Å². The van der Waals surface area contributed by atoms with Gasteiger partial charge in [-0.05, 0) is 36.1 Å². The van der Waals surface area contributed by atoms with Gasteiger partial charge in [0.2, 0.25) is 0 Å². The number of methoxy groups -OCH3 is 1. The lowest BCUT2D eigenvalue weighted by Crippen LogP contribution is -2.19. The topological polar surface area (TPSA) is 43.4 Å². The molecule has 4 heteroatoms. The van der Waals surface area contributed by atoms with E-state index in [4.69, 9.17) is 4.74 Å². The highest BCUT2D eigenvalue weighted by molar-refractivity contribution is 7.92. The van der Waals surface area contributed by atoms with Crippen molar-refractivity contribution in [1.82, 2.24) is 0 Å². The van der Waals surface area contributed by atoms with E-state index in [1.807, 2.05) is 54.6 Å². The highest BCUT2D eigenvalue weighted by Gasteiger charge is 2.42. The molecule has 0 spiro atoms. The second-order valence-corrected chi connectivity index (χ2v) is 7.67. The van der Waals surface area contributed by atoms with Gasteiger partial charge in [0.05, 0.1) is 12.4 Å². The molecule has 0 heterocycles. The molecule has 1 aliphatic carbocycles. The van der Waals surface area contributed by atoms with Crippen molar-refractivity contribution < 1.29 is 13.2 Å². The van der Waals surface area contributed by atoms with Crippen LogP contribution >= 0.6 is 0 Å². The van der Waals surface area contributed by atoms with Gasteiger partial charge in [0.25, 0.3) is 0 Å². The molecule has 1 fully saturated rings. The number of sulfone groups is 1. The van der Waals surface area contributed by atoms with E-state index in [0.717, 1.165) is 29.7 Å². The van der Waals surface area contributed by atoms with Gasteiger partial charge in [-0.1, -0.05) is 42.5 Å². The smallest absolute Gasteiger partial charge is 0.164 e. The van der Waals surface area contributed by atoms with Gasteiger partial charge < -0.3 is 4.74 Å². The van der Waals surface area contributed by atoms with E-state index in [9.17, 15) is 8.42 Å². The van der Waals surface area contributed by atoms with Crippen molar-refractivity contribution >= 4 is 9.84 Å². The molecule has 3 nitrogen and oxygen atoms in total. The van der Waals surface area contributed by atoms with Crippen molar-refractivity contribution in [3.8, 4) is 5.75 Å². The van der Waals surface area contributed by atoms with Crippen LogP contribution in [0.2, 0.25) is 0 Å². The summed E-state index contributed by atoms with van der Waals surface area (Å²) in [7, 11) is -1.59.